The highest BCUT2D eigenvalue weighted by Crippen LogP contribution is 2.53. The van der Waals surface area contributed by atoms with Gasteiger partial charge in [-0.05, 0) is 42.3 Å². The summed E-state index contributed by atoms with van der Waals surface area (Å²) in [5, 5.41) is 0. The van der Waals surface area contributed by atoms with Crippen LogP contribution in [0.1, 0.15) is 24.1 Å². The molecule has 2 fully saturated rings. The lowest BCUT2D eigenvalue weighted by atomic mass is 9.84. The molecular formula is C22H17BrN2O3. The zero-order valence-electron chi connectivity index (χ0n) is 15.1. The Kier molecular flexibility index (Phi) is 3.81. The van der Waals surface area contributed by atoms with Gasteiger partial charge in [-0.15, -0.1) is 0 Å². The van der Waals surface area contributed by atoms with Crippen LogP contribution in [-0.4, -0.2) is 28.5 Å². The molecule has 3 heterocycles. The van der Waals surface area contributed by atoms with E-state index in [0.717, 1.165) is 15.6 Å². The molecule has 3 aliphatic heterocycles. The quantitative estimate of drug-likeness (QED) is 0.675. The molecule has 5 rings (SSSR count). The van der Waals surface area contributed by atoms with Crippen LogP contribution >= 0.6 is 15.9 Å². The highest BCUT2D eigenvalue weighted by atomic mass is 79.9. The average molecular weight is 437 g/mol. The number of carbonyl (C=O) groups is 3. The molecule has 0 spiro atoms. The minimum atomic E-state index is -0.676. The first kappa shape index (κ1) is 17.4. The zero-order valence-corrected chi connectivity index (χ0v) is 16.7. The maximum Gasteiger partial charge on any atom is 0.240 e. The van der Waals surface area contributed by atoms with Gasteiger partial charge in [0.25, 0.3) is 0 Å². The molecule has 0 unspecified atom stereocenters. The predicted octanol–water partition coefficient (Wildman–Crippen LogP) is 3.55. The standard InChI is InChI=1S/C22H17BrN2O3/c1-12(26)19-17-18(20-16-8-3-2-5-13(16)9-10-24(19)20)22(28)25(21(17)27)15-7-4-6-14(23)11-15/h2-11,17-20H,1H3/t17-,18+,19-,20+/m1/s1. The van der Waals surface area contributed by atoms with E-state index in [0.29, 0.717) is 5.69 Å². The number of benzene rings is 2. The summed E-state index contributed by atoms with van der Waals surface area (Å²) in [7, 11) is 0. The van der Waals surface area contributed by atoms with Gasteiger partial charge in [-0.2, -0.15) is 0 Å². The predicted molar refractivity (Wildman–Crippen MR) is 108 cm³/mol. The lowest BCUT2D eigenvalue weighted by Gasteiger charge is -2.34. The summed E-state index contributed by atoms with van der Waals surface area (Å²) >= 11 is 3.40. The van der Waals surface area contributed by atoms with E-state index in [4.69, 9.17) is 0 Å². The van der Waals surface area contributed by atoms with Gasteiger partial charge >= 0.3 is 0 Å². The largest absolute Gasteiger partial charge is 0.359 e. The van der Waals surface area contributed by atoms with Crippen LogP contribution in [0.3, 0.4) is 0 Å². The second kappa shape index (κ2) is 6.14. The third-order valence-corrected chi connectivity index (χ3v) is 6.44. The maximum absolute atomic E-state index is 13.5. The van der Waals surface area contributed by atoms with Crippen LogP contribution in [0.4, 0.5) is 5.69 Å². The summed E-state index contributed by atoms with van der Waals surface area (Å²) in [4.78, 5) is 42.5. The first-order valence-corrected chi connectivity index (χ1v) is 9.97. The van der Waals surface area contributed by atoms with Gasteiger partial charge in [-0.1, -0.05) is 46.3 Å². The Morgan fingerprint density at radius 2 is 1.75 bits per heavy atom. The minimum absolute atomic E-state index is 0.0984. The number of ketones is 1. The number of Topliss-reactive ketones (excluding diaryl/α,β-unsaturated/α-hetero) is 1. The van der Waals surface area contributed by atoms with E-state index in [9.17, 15) is 14.4 Å². The molecule has 0 radical (unpaired) electrons. The van der Waals surface area contributed by atoms with Crippen molar-refractivity contribution in [2.24, 2.45) is 11.8 Å². The Bertz CT molecular complexity index is 1060. The van der Waals surface area contributed by atoms with Crippen molar-refractivity contribution in [3.8, 4) is 0 Å². The maximum atomic E-state index is 13.5. The van der Waals surface area contributed by atoms with Crippen LogP contribution in [-0.2, 0) is 14.4 Å². The summed E-state index contributed by atoms with van der Waals surface area (Å²) in [5.74, 6) is -1.89. The third kappa shape index (κ3) is 2.27. The van der Waals surface area contributed by atoms with Crippen molar-refractivity contribution in [1.82, 2.24) is 4.90 Å². The van der Waals surface area contributed by atoms with E-state index >= 15 is 0 Å². The van der Waals surface area contributed by atoms with E-state index < -0.39 is 17.9 Å². The smallest absolute Gasteiger partial charge is 0.240 e. The molecule has 0 aliphatic carbocycles. The second-order valence-electron chi connectivity index (χ2n) is 7.44. The van der Waals surface area contributed by atoms with E-state index in [-0.39, 0.29) is 23.6 Å². The van der Waals surface area contributed by atoms with Crippen LogP contribution < -0.4 is 4.90 Å². The SMILES string of the molecule is CC(=O)[C@@H]1[C@@H]2C(=O)N(c3cccc(Br)c3)C(=O)[C@@H]2[C@@H]2c3ccccc3C=CN12. The van der Waals surface area contributed by atoms with Gasteiger partial charge in [0, 0.05) is 10.7 Å². The zero-order chi connectivity index (χ0) is 19.6. The van der Waals surface area contributed by atoms with Gasteiger partial charge in [-0.3, -0.25) is 14.4 Å². The van der Waals surface area contributed by atoms with E-state index in [1.165, 1.54) is 11.8 Å². The fraction of sp³-hybridized carbons (Fsp3) is 0.227. The summed E-state index contributed by atoms with van der Waals surface area (Å²) in [5.41, 5.74) is 2.54. The third-order valence-electron chi connectivity index (χ3n) is 5.94. The Labute approximate surface area is 170 Å². The molecule has 6 heteroatoms. The van der Waals surface area contributed by atoms with Crippen molar-refractivity contribution in [1.29, 1.82) is 0 Å². The van der Waals surface area contributed by atoms with Gasteiger partial charge in [0.1, 0.15) is 0 Å². The molecule has 2 amide bonds. The molecule has 28 heavy (non-hydrogen) atoms. The summed E-state index contributed by atoms with van der Waals surface area (Å²) in [6, 6.07) is 14.1. The van der Waals surface area contributed by atoms with E-state index in [1.807, 2.05) is 47.5 Å². The van der Waals surface area contributed by atoms with Crippen molar-refractivity contribution in [3.05, 3.63) is 70.3 Å². The van der Waals surface area contributed by atoms with Gasteiger partial charge in [0.05, 0.1) is 29.6 Å². The second-order valence-corrected chi connectivity index (χ2v) is 8.35. The Morgan fingerprint density at radius 3 is 2.50 bits per heavy atom. The fourth-order valence-corrected chi connectivity index (χ4v) is 5.28. The molecule has 5 nitrogen and oxygen atoms in total. The van der Waals surface area contributed by atoms with Crippen molar-refractivity contribution in [2.75, 3.05) is 4.90 Å². The summed E-state index contributed by atoms with van der Waals surface area (Å²) < 4.78 is 0.790. The Hall–Kier alpha value is -2.73. The van der Waals surface area contributed by atoms with Crippen LogP contribution in [0.5, 0.6) is 0 Å². The Balaban J connectivity index is 1.66. The van der Waals surface area contributed by atoms with E-state index in [1.54, 1.807) is 18.2 Å². The lowest BCUT2D eigenvalue weighted by molar-refractivity contribution is -0.129. The molecular weight excluding hydrogens is 420 g/mol. The molecule has 0 aromatic heterocycles. The van der Waals surface area contributed by atoms with E-state index in [2.05, 4.69) is 15.9 Å². The number of carbonyl (C=O) groups excluding carboxylic acids is 3. The molecule has 2 aromatic rings. The summed E-state index contributed by atoms with van der Waals surface area (Å²) in [6.07, 6.45) is 3.81. The molecule has 4 atom stereocenters. The number of hydrogen-bond donors (Lipinski definition) is 0. The molecule has 0 bridgehead atoms. The number of imide groups is 1. The first-order valence-electron chi connectivity index (χ1n) is 9.17. The monoisotopic (exact) mass is 436 g/mol. The molecule has 140 valence electrons. The van der Waals surface area contributed by atoms with Crippen LogP contribution in [0.25, 0.3) is 6.08 Å². The minimum Gasteiger partial charge on any atom is -0.359 e. The van der Waals surface area contributed by atoms with Crippen molar-refractivity contribution < 1.29 is 14.4 Å². The first-order chi connectivity index (χ1) is 13.5. The highest BCUT2D eigenvalue weighted by Gasteiger charge is 2.63. The van der Waals surface area contributed by atoms with Crippen LogP contribution in [0.15, 0.2) is 59.2 Å². The number of nitrogens with zero attached hydrogens (tertiary/aromatic N) is 2. The molecule has 0 N–H and O–H groups in total. The number of anilines is 1. The number of rotatable bonds is 2. The molecule has 0 saturated carbocycles. The molecule has 2 saturated heterocycles. The van der Waals surface area contributed by atoms with Crippen molar-refractivity contribution in [3.63, 3.8) is 0 Å². The number of halogens is 1. The molecule has 3 aliphatic rings. The van der Waals surface area contributed by atoms with Crippen molar-refractivity contribution >= 4 is 45.3 Å². The van der Waals surface area contributed by atoms with Gasteiger partial charge in [0.15, 0.2) is 5.78 Å². The topological polar surface area (TPSA) is 57.7 Å². The number of fused-ring (bicyclic) bond motifs is 5. The average Bonchev–Trinajstić information content (AvgIpc) is 3.15. The Morgan fingerprint density at radius 1 is 1.00 bits per heavy atom. The van der Waals surface area contributed by atoms with Gasteiger partial charge in [0.2, 0.25) is 11.8 Å². The lowest BCUT2D eigenvalue weighted by Crippen LogP contribution is -2.43. The highest BCUT2D eigenvalue weighted by molar-refractivity contribution is 9.10. The van der Waals surface area contributed by atoms with Gasteiger partial charge in [-0.25, -0.2) is 4.90 Å². The summed E-state index contributed by atoms with van der Waals surface area (Å²) in [6.45, 7) is 1.50. The molecule has 2 aromatic carbocycles. The normalized spacial score (nSPS) is 27.6. The number of amides is 2. The van der Waals surface area contributed by atoms with Crippen LogP contribution in [0.2, 0.25) is 0 Å². The van der Waals surface area contributed by atoms with Crippen molar-refractivity contribution in [2.45, 2.75) is 19.0 Å². The van der Waals surface area contributed by atoms with Crippen LogP contribution in [0, 0.1) is 11.8 Å². The van der Waals surface area contributed by atoms with Gasteiger partial charge < -0.3 is 4.90 Å². The number of hydrogen-bond acceptors (Lipinski definition) is 4. The fourth-order valence-electron chi connectivity index (χ4n) is 4.89.